The van der Waals surface area contributed by atoms with Gasteiger partial charge in [0.15, 0.2) is 0 Å². The third-order valence-electron chi connectivity index (χ3n) is 4.52. The van der Waals surface area contributed by atoms with Crippen LogP contribution in [0, 0.1) is 5.82 Å². The summed E-state index contributed by atoms with van der Waals surface area (Å²) in [5.41, 5.74) is 2.17. The van der Waals surface area contributed by atoms with E-state index in [4.69, 9.17) is 0 Å². The molecule has 2 amide bonds. The van der Waals surface area contributed by atoms with E-state index in [1.165, 1.54) is 42.1 Å². The zero-order valence-corrected chi connectivity index (χ0v) is 18.5. The van der Waals surface area contributed by atoms with E-state index in [9.17, 15) is 18.8 Å². The lowest BCUT2D eigenvalue weighted by Crippen LogP contribution is -2.25. The summed E-state index contributed by atoms with van der Waals surface area (Å²) in [5.74, 6) is -0.419. The molecule has 0 fully saturated rings. The van der Waals surface area contributed by atoms with Crippen LogP contribution in [0.4, 0.5) is 15.8 Å². The van der Waals surface area contributed by atoms with Crippen LogP contribution in [-0.4, -0.2) is 32.8 Å². The van der Waals surface area contributed by atoms with Crippen LogP contribution in [0.2, 0.25) is 0 Å². The van der Waals surface area contributed by atoms with Crippen LogP contribution in [0.25, 0.3) is 11.4 Å². The zero-order chi connectivity index (χ0) is 23.1. The van der Waals surface area contributed by atoms with Crippen molar-refractivity contribution >= 4 is 35.0 Å². The second-order valence-electron chi connectivity index (χ2n) is 7.02. The Balaban J connectivity index is 1.57. The average molecular weight is 455 g/mol. The second kappa shape index (κ2) is 10.7. The molecule has 0 bridgehead atoms. The molecule has 7 nitrogen and oxygen atoms in total. The fourth-order valence-corrected chi connectivity index (χ4v) is 3.50. The van der Waals surface area contributed by atoms with Gasteiger partial charge in [0.1, 0.15) is 11.6 Å². The number of anilines is 2. The molecule has 1 heterocycles. The number of hydrogen-bond acceptors (Lipinski definition) is 5. The van der Waals surface area contributed by atoms with Crippen LogP contribution in [0.3, 0.4) is 0 Å². The van der Waals surface area contributed by atoms with Gasteiger partial charge >= 0.3 is 0 Å². The Morgan fingerprint density at radius 2 is 1.84 bits per heavy atom. The minimum atomic E-state index is -0.487. The van der Waals surface area contributed by atoms with Crippen molar-refractivity contribution in [1.29, 1.82) is 0 Å². The van der Waals surface area contributed by atoms with E-state index in [0.717, 1.165) is 0 Å². The minimum Gasteiger partial charge on any atom is -0.325 e. The molecule has 3 rings (SSSR count). The Bertz CT molecular complexity index is 1160. The first-order valence-corrected chi connectivity index (χ1v) is 11.1. The number of thioether (sulfide) groups is 1. The third-order valence-corrected chi connectivity index (χ3v) is 5.67. The van der Waals surface area contributed by atoms with Gasteiger partial charge in [0.05, 0.1) is 11.0 Å². The molecule has 1 aromatic heterocycles. The molecule has 0 spiro atoms. The number of benzene rings is 2. The van der Waals surface area contributed by atoms with Gasteiger partial charge in [-0.1, -0.05) is 19.1 Å². The Morgan fingerprint density at radius 3 is 2.56 bits per heavy atom. The van der Waals surface area contributed by atoms with Crippen LogP contribution in [-0.2, 0) is 16.0 Å². The van der Waals surface area contributed by atoms with Crippen LogP contribution in [0.5, 0.6) is 0 Å². The summed E-state index contributed by atoms with van der Waals surface area (Å²) in [6.07, 6.45) is 0.636. The van der Waals surface area contributed by atoms with Crippen molar-refractivity contribution in [3.05, 3.63) is 76.5 Å². The fourth-order valence-electron chi connectivity index (χ4n) is 2.82. The maximum atomic E-state index is 12.9. The number of rotatable bonds is 8. The van der Waals surface area contributed by atoms with Crippen molar-refractivity contribution < 1.29 is 14.0 Å². The number of aromatic amines is 1. The van der Waals surface area contributed by atoms with Crippen LogP contribution in [0.15, 0.2) is 59.4 Å². The Kier molecular flexibility index (Phi) is 7.77. The lowest BCUT2D eigenvalue weighted by molar-refractivity contribution is -0.115. The number of nitrogens with one attached hydrogen (secondary N) is 3. The lowest BCUT2D eigenvalue weighted by atomic mass is 10.1. The van der Waals surface area contributed by atoms with Crippen LogP contribution >= 0.6 is 11.8 Å². The fraction of sp³-hybridized carbons (Fsp3) is 0.217. The predicted molar refractivity (Wildman–Crippen MR) is 125 cm³/mol. The molecule has 1 unspecified atom stereocenters. The molecule has 2 aromatic carbocycles. The van der Waals surface area contributed by atoms with Gasteiger partial charge in [-0.3, -0.25) is 14.4 Å². The van der Waals surface area contributed by atoms with Gasteiger partial charge in [0.25, 0.3) is 5.56 Å². The van der Waals surface area contributed by atoms with Crippen molar-refractivity contribution in [2.24, 2.45) is 0 Å². The highest BCUT2D eigenvalue weighted by Crippen LogP contribution is 2.21. The van der Waals surface area contributed by atoms with E-state index < -0.39 is 5.25 Å². The molecule has 3 N–H and O–H groups in total. The highest BCUT2D eigenvalue weighted by Gasteiger charge is 2.16. The number of halogens is 1. The summed E-state index contributed by atoms with van der Waals surface area (Å²) in [6.45, 7) is 3.62. The summed E-state index contributed by atoms with van der Waals surface area (Å²) in [5, 5.41) is 4.99. The molecule has 0 aliphatic rings. The van der Waals surface area contributed by atoms with Crippen LogP contribution in [0.1, 0.15) is 19.5 Å². The van der Waals surface area contributed by atoms with Crippen LogP contribution < -0.4 is 16.2 Å². The normalized spacial score (nSPS) is 11.6. The first-order valence-electron chi connectivity index (χ1n) is 10.0. The highest BCUT2D eigenvalue weighted by molar-refractivity contribution is 8.01. The lowest BCUT2D eigenvalue weighted by Gasteiger charge is -2.13. The number of hydrogen-bond donors (Lipinski definition) is 3. The largest absolute Gasteiger partial charge is 0.325 e. The smallest absolute Gasteiger partial charge is 0.251 e. The number of carbonyl (C=O) groups is 2. The van der Waals surface area contributed by atoms with Gasteiger partial charge in [0, 0.05) is 28.7 Å². The number of amides is 2. The standard InChI is InChI=1S/C23H23FN4O3S/c1-3-17-12-20(29)28-22(26-17)15-5-4-6-19(11-15)27-23(31)14(2)32-13-21(30)25-18-9-7-16(24)8-10-18/h4-12,14H,3,13H2,1-2H3,(H,25,30)(H,27,31)(H,26,28,29). The molecule has 166 valence electrons. The van der Waals surface area contributed by atoms with Gasteiger partial charge < -0.3 is 15.6 Å². The zero-order valence-electron chi connectivity index (χ0n) is 17.6. The predicted octanol–water partition coefficient (Wildman–Crippen LogP) is 3.84. The molecular formula is C23H23FN4O3S. The first-order chi connectivity index (χ1) is 15.3. The van der Waals surface area contributed by atoms with Crippen molar-refractivity contribution in [2.75, 3.05) is 16.4 Å². The van der Waals surface area contributed by atoms with E-state index in [-0.39, 0.29) is 28.9 Å². The topological polar surface area (TPSA) is 104 Å². The third kappa shape index (κ3) is 6.52. The molecule has 32 heavy (non-hydrogen) atoms. The maximum Gasteiger partial charge on any atom is 0.251 e. The van der Waals surface area contributed by atoms with Crippen molar-refractivity contribution in [3.63, 3.8) is 0 Å². The van der Waals surface area contributed by atoms with E-state index in [1.807, 2.05) is 6.92 Å². The van der Waals surface area contributed by atoms with E-state index in [2.05, 4.69) is 20.6 Å². The van der Waals surface area contributed by atoms with E-state index in [0.29, 0.717) is 34.9 Å². The number of H-pyrrole nitrogens is 1. The monoisotopic (exact) mass is 454 g/mol. The summed E-state index contributed by atoms with van der Waals surface area (Å²) < 4.78 is 12.9. The molecule has 0 saturated heterocycles. The first kappa shape index (κ1) is 23.2. The van der Waals surface area contributed by atoms with Gasteiger partial charge in [-0.15, -0.1) is 11.8 Å². The minimum absolute atomic E-state index is 0.0704. The van der Waals surface area contributed by atoms with Crippen molar-refractivity contribution in [1.82, 2.24) is 9.97 Å². The molecule has 0 saturated carbocycles. The Morgan fingerprint density at radius 1 is 1.09 bits per heavy atom. The summed E-state index contributed by atoms with van der Waals surface area (Å²) in [6, 6.07) is 13.9. The van der Waals surface area contributed by atoms with Gasteiger partial charge in [-0.25, -0.2) is 9.37 Å². The Labute approximate surface area is 188 Å². The molecule has 1 atom stereocenters. The molecule has 9 heteroatoms. The molecule has 0 aliphatic carbocycles. The summed E-state index contributed by atoms with van der Waals surface area (Å²) in [7, 11) is 0. The van der Waals surface area contributed by atoms with E-state index in [1.54, 1.807) is 31.2 Å². The average Bonchev–Trinajstić information content (AvgIpc) is 2.78. The maximum absolute atomic E-state index is 12.9. The summed E-state index contributed by atoms with van der Waals surface area (Å²) >= 11 is 1.18. The molecule has 0 aliphatic heterocycles. The van der Waals surface area contributed by atoms with Gasteiger partial charge in [-0.05, 0) is 49.7 Å². The van der Waals surface area contributed by atoms with Crippen molar-refractivity contribution in [2.45, 2.75) is 25.5 Å². The quantitative estimate of drug-likeness (QED) is 0.480. The second-order valence-corrected chi connectivity index (χ2v) is 8.35. The molecule has 0 radical (unpaired) electrons. The molecule has 3 aromatic rings. The number of aromatic nitrogens is 2. The number of carbonyl (C=O) groups excluding carboxylic acids is 2. The Hall–Kier alpha value is -3.46. The van der Waals surface area contributed by atoms with Crippen molar-refractivity contribution in [3.8, 4) is 11.4 Å². The summed E-state index contributed by atoms with van der Waals surface area (Å²) in [4.78, 5) is 43.6. The highest BCUT2D eigenvalue weighted by atomic mass is 32.2. The van der Waals surface area contributed by atoms with Gasteiger partial charge in [-0.2, -0.15) is 0 Å². The number of nitrogens with zero attached hydrogens (tertiary/aromatic N) is 1. The SMILES string of the molecule is CCc1cc(=O)[nH]c(-c2cccc(NC(=O)C(C)SCC(=O)Nc3ccc(F)cc3)c2)n1. The molecular weight excluding hydrogens is 431 g/mol. The van der Waals surface area contributed by atoms with E-state index >= 15 is 0 Å². The van der Waals surface area contributed by atoms with Gasteiger partial charge in [0.2, 0.25) is 11.8 Å². The number of aryl methyl sites for hydroxylation is 1.